The number of hydrogen-bond acceptors (Lipinski definition) is 1. The van der Waals surface area contributed by atoms with E-state index in [0.29, 0.717) is 0 Å². The zero-order valence-corrected chi connectivity index (χ0v) is 14.1. The van der Waals surface area contributed by atoms with Gasteiger partial charge in [-0.3, -0.25) is 0 Å². The van der Waals surface area contributed by atoms with Crippen LogP contribution in [0.1, 0.15) is 16.7 Å². The minimum absolute atomic E-state index is 0.760. The molecule has 2 aromatic carbocycles. The van der Waals surface area contributed by atoms with Gasteiger partial charge in [0.2, 0.25) is 0 Å². The van der Waals surface area contributed by atoms with Crippen LogP contribution in [0.25, 0.3) is 5.57 Å². The van der Waals surface area contributed by atoms with Crippen LogP contribution in [0, 0.1) is 6.92 Å². The molecule has 1 aliphatic heterocycles. The van der Waals surface area contributed by atoms with Crippen LogP contribution in [0.15, 0.2) is 55.6 Å². The number of rotatable bonds is 1. The van der Waals surface area contributed by atoms with Gasteiger partial charge in [-0.1, -0.05) is 40.2 Å². The molecule has 1 heterocycles. The monoisotopic (exact) mass is 396 g/mol. The van der Waals surface area contributed by atoms with Crippen LogP contribution >= 0.6 is 31.9 Å². The first-order chi connectivity index (χ1) is 9.08. The lowest BCUT2D eigenvalue weighted by molar-refractivity contribution is 0.688. The van der Waals surface area contributed by atoms with Crippen molar-refractivity contribution < 1.29 is 4.21 Å². The summed E-state index contributed by atoms with van der Waals surface area (Å²) in [7, 11) is -1.10. The number of hydrogen-bond donors (Lipinski definition) is 0. The molecule has 0 saturated heterocycles. The van der Waals surface area contributed by atoms with Gasteiger partial charge in [0.15, 0.2) is 0 Å². The Kier molecular flexibility index (Phi) is 3.50. The fourth-order valence-electron chi connectivity index (χ4n) is 2.17. The van der Waals surface area contributed by atoms with Crippen LogP contribution in [-0.2, 0) is 10.8 Å². The van der Waals surface area contributed by atoms with Gasteiger partial charge in [-0.15, -0.1) is 0 Å². The van der Waals surface area contributed by atoms with Crippen LogP contribution in [0.4, 0.5) is 0 Å². The van der Waals surface area contributed by atoms with Gasteiger partial charge in [-0.05, 0) is 52.2 Å². The van der Waals surface area contributed by atoms with E-state index in [4.69, 9.17) is 0 Å². The number of halogens is 2. The molecule has 0 bridgehead atoms. The molecule has 3 rings (SSSR count). The smallest absolute Gasteiger partial charge is 0.0950 e. The second kappa shape index (κ2) is 5.00. The molecule has 4 heteroatoms. The lowest BCUT2D eigenvalue weighted by Gasteiger charge is -2.06. The molecule has 1 nitrogen and oxygen atoms in total. The SMILES string of the molecule is Cc1ccc2c(c1)S(=O)C(Br)=C2c1ccc(Br)cc1. The third kappa shape index (κ3) is 2.26. The molecule has 0 N–H and O–H groups in total. The molecule has 1 atom stereocenters. The summed E-state index contributed by atoms with van der Waals surface area (Å²) < 4.78 is 14.2. The van der Waals surface area contributed by atoms with Crippen LogP contribution in [0.5, 0.6) is 0 Å². The quantitative estimate of drug-likeness (QED) is 0.662. The Morgan fingerprint density at radius 2 is 1.68 bits per heavy atom. The molecule has 2 aromatic rings. The molecule has 0 amide bonds. The topological polar surface area (TPSA) is 17.1 Å². The first kappa shape index (κ1) is 13.3. The van der Waals surface area contributed by atoms with Crippen LogP contribution in [0.3, 0.4) is 0 Å². The van der Waals surface area contributed by atoms with Crippen molar-refractivity contribution in [1.82, 2.24) is 0 Å². The van der Waals surface area contributed by atoms with Gasteiger partial charge in [0.1, 0.15) is 0 Å². The summed E-state index contributed by atoms with van der Waals surface area (Å²) in [5.74, 6) is 0. The summed E-state index contributed by atoms with van der Waals surface area (Å²) in [4.78, 5) is 0.893. The predicted octanol–water partition coefficient (Wildman–Crippen LogP) is 4.99. The largest absolute Gasteiger partial charge is 0.248 e. The van der Waals surface area contributed by atoms with E-state index in [-0.39, 0.29) is 0 Å². The summed E-state index contributed by atoms with van der Waals surface area (Å²) in [6, 6.07) is 14.2. The maximum absolute atomic E-state index is 12.4. The van der Waals surface area contributed by atoms with Crippen molar-refractivity contribution in [2.75, 3.05) is 0 Å². The molecule has 1 unspecified atom stereocenters. The van der Waals surface area contributed by atoms with Crippen molar-refractivity contribution in [2.45, 2.75) is 11.8 Å². The van der Waals surface area contributed by atoms with E-state index in [1.165, 1.54) is 0 Å². The lowest BCUT2D eigenvalue weighted by atomic mass is 9.99. The van der Waals surface area contributed by atoms with Crippen molar-refractivity contribution in [2.24, 2.45) is 0 Å². The van der Waals surface area contributed by atoms with Crippen LogP contribution < -0.4 is 0 Å². The third-order valence-corrected chi connectivity index (χ3v) is 6.17. The van der Waals surface area contributed by atoms with E-state index in [1.807, 2.05) is 43.3 Å². The standard InChI is InChI=1S/C15H10Br2OS/c1-9-2-7-12-13(8-9)19(18)15(17)14(12)10-3-5-11(16)6-4-10/h2-8H,1H3. The third-order valence-electron chi connectivity index (χ3n) is 3.10. The average Bonchev–Trinajstić information content (AvgIpc) is 2.64. The van der Waals surface area contributed by atoms with E-state index in [1.54, 1.807) is 0 Å². The maximum Gasteiger partial charge on any atom is 0.0950 e. The fraction of sp³-hybridized carbons (Fsp3) is 0.0667. The molecule has 0 aliphatic carbocycles. The first-order valence-electron chi connectivity index (χ1n) is 5.76. The highest BCUT2D eigenvalue weighted by molar-refractivity contribution is 9.13. The van der Waals surface area contributed by atoms with Crippen molar-refractivity contribution in [3.8, 4) is 0 Å². The molecule has 1 aliphatic rings. The van der Waals surface area contributed by atoms with Crippen molar-refractivity contribution in [3.63, 3.8) is 0 Å². The minimum Gasteiger partial charge on any atom is -0.248 e. The number of aryl methyl sites for hydroxylation is 1. The Morgan fingerprint density at radius 3 is 2.37 bits per heavy atom. The van der Waals surface area contributed by atoms with Gasteiger partial charge in [0.05, 0.1) is 19.5 Å². The van der Waals surface area contributed by atoms with Gasteiger partial charge < -0.3 is 0 Å². The Balaban J connectivity index is 2.22. The summed E-state index contributed by atoms with van der Waals surface area (Å²) in [5, 5.41) is 0. The molecule has 0 radical (unpaired) electrons. The van der Waals surface area contributed by atoms with E-state index >= 15 is 0 Å². The summed E-state index contributed by atoms with van der Waals surface area (Å²) in [6.45, 7) is 2.02. The average molecular weight is 398 g/mol. The molecule has 0 spiro atoms. The molecule has 0 aromatic heterocycles. The first-order valence-corrected chi connectivity index (χ1v) is 8.50. The molecule has 96 valence electrons. The Hall–Kier alpha value is -0.710. The zero-order chi connectivity index (χ0) is 13.6. The number of benzene rings is 2. The van der Waals surface area contributed by atoms with Crippen LogP contribution in [-0.4, -0.2) is 4.21 Å². The van der Waals surface area contributed by atoms with Gasteiger partial charge in [0.25, 0.3) is 0 Å². The number of fused-ring (bicyclic) bond motifs is 1. The minimum atomic E-state index is -1.10. The van der Waals surface area contributed by atoms with E-state index < -0.39 is 10.8 Å². The molecular weight excluding hydrogens is 388 g/mol. The van der Waals surface area contributed by atoms with Crippen molar-refractivity contribution in [3.05, 3.63) is 67.4 Å². The van der Waals surface area contributed by atoms with E-state index in [0.717, 1.165) is 35.4 Å². The van der Waals surface area contributed by atoms with Gasteiger partial charge >= 0.3 is 0 Å². The highest BCUT2D eigenvalue weighted by atomic mass is 79.9. The maximum atomic E-state index is 12.4. The molecular formula is C15H10Br2OS. The normalized spacial score (nSPS) is 17.7. The Bertz CT molecular complexity index is 717. The summed E-state index contributed by atoms with van der Waals surface area (Å²) in [5.41, 5.74) is 4.29. The fourth-order valence-corrected chi connectivity index (χ4v) is 4.67. The molecule has 0 fully saturated rings. The summed E-state index contributed by atoms with van der Waals surface area (Å²) >= 11 is 6.93. The van der Waals surface area contributed by atoms with Gasteiger partial charge in [0, 0.05) is 15.6 Å². The van der Waals surface area contributed by atoms with E-state index in [9.17, 15) is 4.21 Å². The summed E-state index contributed by atoms with van der Waals surface area (Å²) in [6.07, 6.45) is 0. The van der Waals surface area contributed by atoms with Crippen molar-refractivity contribution >= 4 is 48.2 Å². The second-order valence-corrected chi connectivity index (χ2v) is 8.04. The van der Waals surface area contributed by atoms with E-state index in [2.05, 4.69) is 37.9 Å². The second-order valence-electron chi connectivity index (χ2n) is 4.42. The Labute approximate surface area is 131 Å². The highest BCUT2D eigenvalue weighted by Crippen LogP contribution is 2.43. The molecule has 19 heavy (non-hydrogen) atoms. The lowest BCUT2D eigenvalue weighted by Crippen LogP contribution is -1.88. The van der Waals surface area contributed by atoms with Crippen LogP contribution in [0.2, 0.25) is 0 Å². The van der Waals surface area contributed by atoms with Gasteiger partial charge in [-0.25, -0.2) is 4.21 Å². The molecule has 0 saturated carbocycles. The predicted molar refractivity (Wildman–Crippen MR) is 86.7 cm³/mol. The van der Waals surface area contributed by atoms with Crippen molar-refractivity contribution in [1.29, 1.82) is 0 Å². The van der Waals surface area contributed by atoms with Gasteiger partial charge in [-0.2, -0.15) is 0 Å². The highest BCUT2D eigenvalue weighted by Gasteiger charge is 2.27. The Morgan fingerprint density at radius 1 is 1.00 bits per heavy atom. The zero-order valence-electron chi connectivity index (χ0n) is 10.1.